The highest BCUT2D eigenvalue weighted by atomic mass is 28.3. The fourth-order valence-corrected chi connectivity index (χ4v) is 4.05. The molecule has 0 aliphatic rings. The van der Waals surface area contributed by atoms with E-state index in [4.69, 9.17) is 0 Å². The monoisotopic (exact) mass is 200 g/mol. The van der Waals surface area contributed by atoms with Gasteiger partial charge in [-0.2, -0.15) is 0 Å². The van der Waals surface area contributed by atoms with E-state index >= 15 is 0 Å². The number of carbonyl (C=O) groups is 1. The van der Waals surface area contributed by atoms with Crippen LogP contribution in [0.1, 0.15) is 39.5 Å². The fraction of sp³-hybridized carbons (Fsp3) is 0.909. The van der Waals surface area contributed by atoms with Gasteiger partial charge in [-0.3, -0.25) is 4.79 Å². The van der Waals surface area contributed by atoms with Crippen molar-refractivity contribution < 1.29 is 4.79 Å². The third-order valence-electron chi connectivity index (χ3n) is 2.51. The van der Waals surface area contributed by atoms with Crippen LogP contribution in [0.2, 0.25) is 25.2 Å². The molecular weight excluding hydrogens is 176 g/mol. The Hall–Kier alpha value is -0.113. The summed E-state index contributed by atoms with van der Waals surface area (Å²) in [7, 11) is -1.26. The first kappa shape index (κ1) is 12.9. The summed E-state index contributed by atoms with van der Waals surface area (Å²) in [4.78, 5) is 11.8. The Morgan fingerprint density at radius 3 is 2.00 bits per heavy atom. The summed E-state index contributed by atoms with van der Waals surface area (Å²) < 4.78 is 0. The van der Waals surface area contributed by atoms with Crippen LogP contribution in [-0.2, 0) is 4.79 Å². The third-order valence-corrected chi connectivity index (χ3v) is 5.21. The van der Waals surface area contributed by atoms with E-state index in [0.29, 0.717) is 11.3 Å². The molecule has 13 heavy (non-hydrogen) atoms. The lowest BCUT2D eigenvalue weighted by atomic mass is 10.1. The molecule has 0 saturated heterocycles. The zero-order valence-corrected chi connectivity index (χ0v) is 10.8. The first-order chi connectivity index (χ1) is 5.93. The highest BCUT2D eigenvalue weighted by Gasteiger charge is 2.30. The highest BCUT2D eigenvalue weighted by Crippen LogP contribution is 2.29. The van der Waals surface area contributed by atoms with E-state index in [1.165, 1.54) is 0 Å². The minimum absolute atomic E-state index is 0.400. The van der Waals surface area contributed by atoms with Gasteiger partial charge in [0.25, 0.3) is 0 Å². The molecule has 0 aromatic carbocycles. The van der Waals surface area contributed by atoms with Crippen LogP contribution in [0.15, 0.2) is 0 Å². The molecule has 0 bridgehead atoms. The molecule has 0 aromatic heterocycles. The molecule has 78 valence electrons. The zero-order chi connectivity index (χ0) is 10.5. The number of hydrogen-bond donors (Lipinski definition) is 0. The van der Waals surface area contributed by atoms with E-state index in [9.17, 15) is 4.79 Å². The number of ketones is 1. The number of rotatable bonds is 6. The lowest BCUT2D eigenvalue weighted by molar-refractivity contribution is -0.119. The predicted molar refractivity (Wildman–Crippen MR) is 61.9 cm³/mol. The Labute approximate surface area is 83.9 Å². The quantitative estimate of drug-likeness (QED) is 0.595. The molecule has 0 aromatic rings. The van der Waals surface area contributed by atoms with E-state index in [1.807, 2.05) is 0 Å². The molecule has 1 nitrogen and oxygen atoms in total. The number of carbonyl (C=O) groups excluding carboxylic acids is 1. The van der Waals surface area contributed by atoms with Crippen molar-refractivity contribution in [3.8, 4) is 0 Å². The van der Waals surface area contributed by atoms with E-state index < -0.39 is 8.07 Å². The maximum absolute atomic E-state index is 11.8. The minimum Gasteiger partial charge on any atom is -0.300 e. The van der Waals surface area contributed by atoms with Crippen LogP contribution >= 0.6 is 0 Å². The van der Waals surface area contributed by atoms with Crippen LogP contribution in [0.3, 0.4) is 0 Å². The van der Waals surface area contributed by atoms with Gasteiger partial charge in [0.2, 0.25) is 0 Å². The Balaban J connectivity index is 4.33. The van der Waals surface area contributed by atoms with Gasteiger partial charge in [0.15, 0.2) is 0 Å². The number of hydrogen-bond acceptors (Lipinski definition) is 1. The Bertz CT molecular complexity index is 158. The summed E-state index contributed by atoms with van der Waals surface area (Å²) in [5, 5.41) is 0. The second-order valence-corrected chi connectivity index (χ2v) is 10.4. The first-order valence-corrected chi connectivity index (χ1v) is 9.03. The molecule has 2 heteroatoms. The molecule has 0 N–H and O–H groups in total. The van der Waals surface area contributed by atoms with Crippen molar-refractivity contribution in [2.24, 2.45) is 0 Å². The molecule has 0 rings (SSSR count). The lowest BCUT2D eigenvalue weighted by Gasteiger charge is -2.27. The normalized spacial score (nSPS) is 14.2. The molecule has 0 amide bonds. The second kappa shape index (κ2) is 5.58. The van der Waals surface area contributed by atoms with Crippen molar-refractivity contribution >= 4 is 13.9 Å². The Morgan fingerprint density at radius 1 is 1.15 bits per heavy atom. The molecule has 0 saturated carbocycles. The van der Waals surface area contributed by atoms with Gasteiger partial charge in [0.05, 0.1) is 8.07 Å². The smallest absolute Gasteiger partial charge is 0.133 e. The molecule has 0 spiro atoms. The topological polar surface area (TPSA) is 17.1 Å². The van der Waals surface area contributed by atoms with Crippen LogP contribution < -0.4 is 0 Å². The molecule has 0 radical (unpaired) electrons. The highest BCUT2D eigenvalue weighted by molar-refractivity contribution is 6.80. The Kier molecular flexibility index (Phi) is 5.53. The summed E-state index contributed by atoms with van der Waals surface area (Å²) >= 11 is 0. The largest absolute Gasteiger partial charge is 0.300 e. The van der Waals surface area contributed by atoms with Crippen molar-refractivity contribution in [3.05, 3.63) is 0 Å². The van der Waals surface area contributed by atoms with Crippen LogP contribution in [0.5, 0.6) is 0 Å². The predicted octanol–water partition coefficient (Wildman–Crippen LogP) is 3.86. The van der Waals surface area contributed by atoms with Gasteiger partial charge >= 0.3 is 0 Å². The maximum Gasteiger partial charge on any atom is 0.133 e. The first-order valence-electron chi connectivity index (χ1n) is 5.46. The maximum atomic E-state index is 11.8. The average molecular weight is 200 g/mol. The summed E-state index contributed by atoms with van der Waals surface area (Å²) in [5.41, 5.74) is 0.400. The van der Waals surface area contributed by atoms with Crippen LogP contribution in [0, 0.1) is 0 Å². The van der Waals surface area contributed by atoms with E-state index in [0.717, 1.165) is 25.7 Å². The van der Waals surface area contributed by atoms with E-state index in [1.54, 1.807) is 0 Å². The van der Waals surface area contributed by atoms with Crippen LogP contribution in [-0.4, -0.2) is 13.9 Å². The van der Waals surface area contributed by atoms with Gasteiger partial charge in [-0.1, -0.05) is 39.9 Å². The standard InChI is InChI=1S/C11H24OSi/c1-6-8-10(12)11(9-7-2)13(3,4)5/h11H,6-9H2,1-5H3. The minimum atomic E-state index is -1.26. The number of Topliss-reactive ketones (excluding diaryl/α,β-unsaturated/α-hetero) is 1. The van der Waals surface area contributed by atoms with E-state index in [-0.39, 0.29) is 0 Å². The van der Waals surface area contributed by atoms with Gasteiger partial charge in [-0.15, -0.1) is 0 Å². The average Bonchev–Trinajstić information content (AvgIpc) is 1.98. The van der Waals surface area contributed by atoms with Gasteiger partial charge in [-0.05, 0) is 12.8 Å². The van der Waals surface area contributed by atoms with Gasteiger partial charge < -0.3 is 0 Å². The van der Waals surface area contributed by atoms with Crippen LogP contribution in [0.25, 0.3) is 0 Å². The molecule has 1 unspecified atom stereocenters. The molecule has 1 atom stereocenters. The summed E-state index contributed by atoms with van der Waals surface area (Å²) in [6.45, 7) is 11.2. The summed E-state index contributed by atoms with van der Waals surface area (Å²) in [6.07, 6.45) is 4.04. The van der Waals surface area contributed by atoms with Crippen molar-refractivity contribution in [1.82, 2.24) is 0 Å². The molecule has 0 fully saturated rings. The van der Waals surface area contributed by atoms with Gasteiger partial charge in [-0.25, -0.2) is 0 Å². The molecule has 0 aliphatic heterocycles. The summed E-state index contributed by atoms with van der Waals surface area (Å²) in [6, 6.07) is 0. The summed E-state index contributed by atoms with van der Waals surface area (Å²) in [5.74, 6) is 0.517. The van der Waals surface area contributed by atoms with E-state index in [2.05, 4.69) is 33.5 Å². The fourth-order valence-electron chi connectivity index (χ4n) is 1.79. The van der Waals surface area contributed by atoms with Crippen molar-refractivity contribution in [3.63, 3.8) is 0 Å². The molecular formula is C11H24OSi. The lowest BCUT2D eigenvalue weighted by Crippen LogP contribution is -2.33. The van der Waals surface area contributed by atoms with Gasteiger partial charge in [0.1, 0.15) is 5.78 Å². The van der Waals surface area contributed by atoms with Crippen molar-refractivity contribution in [1.29, 1.82) is 0 Å². The zero-order valence-electron chi connectivity index (χ0n) is 9.81. The second-order valence-electron chi connectivity index (χ2n) is 4.92. The molecule has 0 heterocycles. The van der Waals surface area contributed by atoms with Crippen molar-refractivity contribution in [2.45, 2.75) is 64.7 Å². The SMILES string of the molecule is CCCC(=O)C(CCC)[Si](C)(C)C. The van der Waals surface area contributed by atoms with Crippen LogP contribution in [0.4, 0.5) is 0 Å². The van der Waals surface area contributed by atoms with Crippen molar-refractivity contribution in [2.75, 3.05) is 0 Å². The molecule has 0 aliphatic carbocycles. The Morgan fingerprint density at radius 2 is 1.69 bits per heavy atom. The van der Waals surface area contributed by atoms with Gasteiger partial charge in [0, 0.05) is 12.0 Å². The third kappa shape index (κ3) is 4.60.